The summed E-state index contributed by atoms with van der Waals surface area (Å²) in [5.74, 6) is -0.0996. The fraction of sp³-hybridized carbons (Fsp3) is 0.115. The van der Waals surface area contributed by atoms with Crippen LogP contribution in [0, 0.1) is 6.92 Å². The molecule has 1 aliphatic heterocycles. The molecule has 0 atom stereocenters. The monoisotopic (exact) mass is 458 g/mol. The number of carbonyl (C=O) groups excluding carboxylic acids is 3. The molecule has 166 valence electrons. The lowest BCUT2D eigenvalue weighted by Crippen LogP contribution is -2.27. The summed E-state index contributed by atoms with van der Waals surface area (Å²) in [6.45, 7) is 2.04. The summed E-state index contributed by atoms with van der Waals surface area (Å²) in [4.78, 5) is 38.9. The Morgan fingerprint density at radius 3 is 2.58 bits per heavy atom. The van der Waals surface area contributed by atoms with Crippen LogP contribution in [0.2, 0.25) is 0 Å². The van der Waals surface area contributed by atoms with Crippen molar-refractivity contribution in [3.63, 3.8) is 0 Å². The lowest BCUT2D eigenvalue weighted by atomic mass is 10.2. The molecule has 4 rings (SSSR count). The number of amides is 3. The van der Waals surface area contributed by atoms with Crippen molar-refractivity contribution in [1.29, 1.82) is 0 Å². The van der Waals surface area contributed by atoms with Crippen LogP contribution < -0.4 is 10.1 Å². The number of hydrogen-bond acceptors (Lipinski definition) is 5. The Morgan fingerprint density at radius 1 is 1.00 bits per heavy atom. The zero-order chi connectivity index (χ0) is 23.2. The molecule has 0 bridgehead atoms. The van der Waals surface area contributed by atoms with Gasteiger partial charge >= 0.3 is 0 Å². The van der Waals surface area contributed by atoms with Crippen LogP contribution in [0.5, 0.6) is 5.75 Å². The molecule has 1 aliphatic rings. The van der Waals surface area contributed by atoms with E-state index in [4.69, 9.17) is 4.74 Å². The molecule has 0 saturated carbocycles. The fourth-order valence-electron chi connectivity index (χ4n) is 3.32. The third-order valence-corrected chi connectivity index (χ3v) is 5.79. The molecule has 0 unspecified atom stereocenters. The van der Waals surface area contributed by atoms with Crippen LogP contribution in [-0.4, -0.2) is 28.6 Å². The van der Waals surface area contributed by atoms with Gasteiger partial charge < -0.3 is 10.1 Å². The van der Waals surface area contributed by atoms with Crippen molar-refractivity contribution in [2.24, 2.45) is 0 Å². The summed E-state index contributed by atoms with van der Waals surface area (Å²) in [6, 6.07) is 23.9. The van der Waals surface area contributed by atoms with E-state index in [1.54, 1.807) is 24.3 Å². The van der Waals surface area contributed by atoms with Crippen molar-refractivity contribution in [2.75, 3.05) is 11.9 Å². The maximum absolute atomic E-state index is 12.8. The third kappa shape index (κ3) is 5.90. The van der Waals surface area contributed by atoms with Gasteiger partial charge in [-0.2, -0.15) is 0 Å². The number of ether oxygens (including phenoxy) is 1. The predicted molar refractivity (Wildman–Crippen MR) is 130 cm³/mol. The Hall–Kier alpha value is -3.84. The molecule has 3 aromatic carbocycles. The maximum atomic E-state index is 12.8. The van der Waals surface area contributed by atoms with E-state index in [1.807, 2.05) is 67.6 Å². The minimum Gasteiger partial charge on any atom is -0.484 e. The molecule has 0 radical (unpaired) electrons. The smallest absolute Gasteiger partial charge is 0.293 e. The van der Waals surface area contributed by atoms with Crippen LogP contribution in [-0.2, 0) is 16.1 Å². The number of nitrogens with zero attached hydrogens (tertiary/aromatic N) is 1. The summed E-state index contributed by atoms with van der Waals surface area (Å²) in [5, 5.41) is 2.50. The normalized spacial score (nSPS) is 14.6. The molecule has 0 spiro atoms. The Labute approximate surface area is 196 Å². The van der Waals surface area contributed by atoms with Gasteiger partial charge in [0.15, 0.2) is 6.61 Å². The van der Waals surface area contributed by atoms with Gasteiger partial charge in [0.25, 0.3) is 17.1 Å². The van der Waals surface area contributed by atoms with Gasteiger partial charge in [0.2, 0.25) is 0 Å². The largest absolute Gasteiger partial charge is 0.484 e. The molecule has 0 aliphatic carbocycles. The Balaban J connectivity index is 1.38. The SMILES string of the molecule is Cc1cccc(NC(=O)COc2cccc(/C=C3\SC(=O)N(Cc4ccccc4)C3=O)c2)c1. The maximum Gasteiger partial charge on any atom is 0.293 e. The minimum atomic E-state index is -0.322. The summed E-state index contributed by atoms with van der Waals surface area (Å²) < 4.78 is 5.61. The second kappa shape index (κ2) is 10.2. The minimum absolute atomic E-state index is 0.148. The Kier molecular flexibility index (Phi) is 6.90. The molecule has 33 heavy (non-hydrogen) atoms. The van der Waals surface area contributed by atoms with Crippen molar-refractivity contribution in [3.05, 3.63) is 100 Å². The molecule has 3 amide bonds. The summed E-state index contributed by atoms with van der Waals surface area (Å²) in [6.07, 6.45) is 1.66. The lowest BCUT2D eigenvalue weighted by Gasteiger charge is -2.12. The third-order valence-electron chi connectivity index (χ3n) is 4.88. The van der Waals surface area contributed by atoms with Gasteiger partial charge in [-0.05, 0) is 65.7 Å². The van der Waals surface area contributed by atoms with Gasteiger partial charge in [-0.3, -0.25) is 19.3 Å². The number of aryl methyl sites for hydroxylation is 1. The van der Waals surface area contributed by atoms with E-state index >= 15 is 0 Å². The lowest BCUT2D eigenvalue weighted by molar-refractivity contribution is -0.123. The highest BCUT2D eigenvalue weighted by Crippen LogP contribution is 2.33. The quantitative estimate of drug-likeness (QED) is 0.490. The first kappa shape index (κ1) is 22.4. The molecule has 1 saturated heterocycles. The molecular formula is C26H22N2O4S. The zero-order valence-corrected chi connectivity index (χ0v) is 18.8. The van der Waals surface area contributed by atoms with E-state index in [0.717, 1.165) is 22.9 Å². The van der Waals surface area contributed by atoms with E-state index in [9.17, 15) is 14.4 Å². The molecule has 3 aromatic rings. The Morgan fingerprint density at radius 2 is 1.79 bits per heavy atom. The van der Waals surface area contributed by atoms with Gasteiger partial charge in [0.05, 0.1) is 11.4 Å². The first-order valence-electron chi connectivity index (χ1n) is 10.4. The number of thioether (sulfide) groups is 1. The number of carbonyl (C=O) groups is 3. The number of benzene rings is 3. The highest BCUT2D eigenvalue weighted by molar-refractivity contribution is 8.18. The van der Waals surface area contributed by atoms with Crippen molar-refractivity contribution >= 4 is 40.6 Å². The van der Waals surface area contributed by atoms with E-state index in [2.05, 4.69) is 5.32 Å². The average Bonchev–Trinajstić information content (AvgIpc) is 3.06. The standard InChI is InChI=1S/C26H22N2O4S/c1-18-7-5-11-21(13-18)27-24(29)17-32-22-12-6-10-20(14-22)15-23-25(30)28(26(31)33-23)16-19-8-3-2-4-9-19/h2-15H,16-17H2,1H3,(H,27,29)/b23-15-. The van der Waals surface area contributed by atoms with Crippen LogP contribution in [0.25, 0.3) is 6.08 Å². The fourth-order valence-corrected chi connectivity index (χ4v) is 4.15. The summed E-state index contributed by atoms with van der Waals surface area (Å²) >= 11 is 0.916. The molecule has 1 heterocycles. The van der Waals surface area contributed by atoms with Crippen molar-refractivity contribution in [1.82, 2.24) is 4.90 Å². The van der Waals surface area contributed by atoms with E-state index in [1.165, 1.54) is 4.90 Å². The number of rotatable bonds is 7. The van der Waals surface area contributed by atoms with Crippen LogP contribution in [0.15, 0.2) is 83.8 Å². The van der Waals surface area contributed by atoms with Crippen molar-refractivity contribution < 1.29 is 19.1 Å². The van der Waals surface area contributed by atoms with E-state index in [0.29, 0.717) is 21.9 Å². The van der Waals surface area contributed by atoms with Crippen LogP contribution in [0.1, 0.15) is 16.7 Å². The van der Waals surface area contributed by atoms with E-state index in [-0.39, 0.29) is 30.2 Å². The van der Waals surface area contributed by atoms with Crippen molar-refractivity contribution in [2.45, 2.75) is 13.5 Å². The first-order chi connectivity index (χ1) is 16.0. The topological polar surface area (TPSA) is 75.7 Å². The van der Waals surface area contributed by atoms with Gasteiger partial charge in [-0.15, -0.1) is 0 Å². The molecule has 1 fully saturated rings. The molecular weight excluding hydrogens is 436 g/mol. The first-order valence-corrected chi connectivity index (χ1v) is 11.2. The number of hydrogen-bond donors (Lipinski definition) is 1. The predicted octanol–water partition coefficient (Wildman–Crippen LogP) is 5.25. The zero-order valence-electron chi connectivity index (χ0n) is 18.0. The second-order valence-corrected chi connectivity index (χ2v) is 8.53. The molecule has 7 heteroatoms. The number of nitrogens with one attached hydrogen (secondary N) is 1. The number of imide groups is 1. The Bertz CT molecular complexity index is 1220. The van der Waals surface area contributed by atoms with Gasteiger partial charge in [0.1, 0.15) is 5.75 Å². The average molecular weight is 459 g/mol. The van der Waals surface area contributed by atoms with Crippen molar-refractivity contribution in [3.8, 4) is 5.75 Å². The van der Waals surface area contributed by atoms with Crippen LogP contribution >= 0.6 is 11.8 Å². The highest BCUT2D eigenvalue weighted by atomic mass is 32.2. The summed E-state index contributed by atoms with van der Waals surface area (Å²) in [5.41, 5.74) is 3.36. The summed E-state index contributed by atoms with van der Waals surface area (Å²) in [7, 11) is 0. The molecule has 0 aromatic heterocycles. The second-order valence-electron chi connectivity index (χ2n) is 7.53. The van der Waals surface area contributed by atoms with Gasteiger partial charge in [-0.1, -0.05) is 54.6 Å². The number of anilines is 1. The van der Waals surface area contributed by atoms with Gasteiger partial charge in [-0.25, -0.2) is 0 Å². The molecule has 1 N–H and O–H groups in total. The van der Waals surface area contributed by atoms with Crippen LogP contribution in [0.3, 0.4) is 0 Å². The highest BCUT2D eigenvalue weighted by Gasteiger charge is 2.34. The van der Waals surface area contributed by atoms with E-state index < -0.39 is 0 Å². The van der Waals surface area contributed by atoms with Gasteiger partial charge in [0, 0.05) is 5.69 Å². The van der Waals surface area contributed by atoms with Crippen LogP contribution in [0.4, 0.5) is 10.5 Å². The molecule has 6 nitrogen and oxygen atoms in total.